The van der Waals surface area contributed by atoms with Gasteiger partial charge in [0.15, 0.2) is 0 Å². The Morgan fingerprint density at radius 1 is 1.25 bits per heavy atom. The van der Waals surface area contributed by atoms with Gasteiger partial charge in [-0.3, -0.25) is 4.90 Å². The highest BCUT2D eigenvalue weighted by molar-refractivity contribution is 5.44. The number of fused-ring (bicyclic) bond motifs is 1. The molecule has 0 saturated carbocycles. The molecule has 2 atom stereocenters. The summed E-state index contributed by atoms with van der Waals surface area (Å²) in [4.78, 5) is 4.83. The van der Waals surface area contributed by atoms with E-state index in [9.17, 15) is 0 Å². The van der Waals surface area contributed by atoms with Crippen molar-refractivity contribution in [2.45, 2.75) is 12.1 Å². The zero-order valence-electron chi connectivity index (χ0n) is 12.2. The maximum absolute atomic E-state index is 6.33. The molecule has 0 aromatic heterocycles. The molecule has 2 unspecified atom stereocenters. The molecule has 110 valence electrons. The van der Waals surface area contributed by atoms with Crippen molar-refractivity contribution in [2.24, 2.45) is 5.73 Å². The Kier molecular flexibility index (Phi) is 3.83. The summed E-state index contributed by atoms with van der Waals surface area (Å²) in [6.07, 6.45) is 0. The van der Waals surface area contributed by atoms with Gasteiger partial charge in [-0.2, -0.15) is 0 Å². The van der Waals surface area contributed by atoms with E-state index in [0.717, 1.165) is 43.2 Å². The standard InChI is InChI=1S/C15H23N3O2/c1-17-5-7-18(8-6-17)15-12-9-11(19-2)3-4-14(12)20-10-13(15)16/h3-4,9,13,15H,5-8,10,16H2,1-2H3. The molecule has 1 aromatic rings. The van der Waals surface area contributed by atoms with Crippen molar-refractivity contribution in [3.63, 3.8) is 0 Å². The first-order chi connectivity index (χ1) is 9.69. The number of piperazine rings is 1. The molecule has 1 saturated heterocycles. The van der Waals surface area contributed by atoms with Crippen LogP contribution in [0.4, 0.5) is 0 Å². The quantitative estimate of drug-likeness (QED) is 0.862. The maximum Gasteiger partial charge on any atom is 0.124 e. The van der Waals surface area contributed by atoms with E-state index in [1.165, 1.54) is 0 Å². The minimum atomic E-state index is 0.0120. The number of nitrogens with zero attached hydrogens (tertiary/aromatic N) is 2. The molecule has 2 aliphatic rings. The Labute approximate surface area is 120 Å². The van der Waals surface area contributed by atoms with Crippen LogP contribution in [0, 0.1) is 0 Å². The molecule has 2 N–H and O–H groups in total. The van der Waals surface area contributed by atoms with Crippen molar-refractivity contribution < 1.29 is 9.47 Å². The predicted molar refractivity (Wildman–Crippen MR) is 78.3 cm³/mol. The Morgan fingerprint density at radius 3 is 2.70 bits per heavy atom. The van der Waals surface area contributed by atoms with Gasteiger partial charge in [0.05, 0.1) is 19.2 Å². The summed E-state index contributed by atoms with van der Waals surface area (Å²) >= 11 is 0. The molecule has 0 spiro atoms. The SMILES string of the molecule is COc1ccc2c(c1)C(N1CCN(C)CC1)C(N)CO2. The van der Waals surface area contributed by atoms with Crippen LogP contribution >= 0.6 is 0 Å². The molecule has 1 fully saturated rings. The monoisotopic (exact) mass is 277 g/mol. The molecule has 0 radical (unpaired) electrons. The van der Waals surface area contributed by atoms with Gasteiger partial charge < -0.3 is 20.1 Å². The van der Waals surface area contributed by atoms with Gasteiger partial charge in [-0.1, -0.05) is 0 Å². The predicted octanol–water partition coefficient (Wildman–Crippen LogP) is 0.703. The Morgan fingerprint density at radius 2 is 2.00 bits per heavy atom. The molecule has 0 bridgehead atoms. The molecule has 2 aliphatic heterocycles. The zero-order valence-corrected chi connectivity index (χ0v) is 12.2. The molecule has 20 heavy (non-hydrogen) atoms. The maximum atomic E-state index is 6.33. The van der Waals surface area contributed by atoms with Gasteiger partial charge in [0, 0.05) is 31.7 Å². The number of methoxy groups -OCH3 is 1. The van der Waals surface area contributed by atoms with Crippen LogP contribution in [0.5, 0.6) is 11.5 Å². The van der Waals surface area contributed by atoms with Gasteiger partial charge in [-0.05, 0) is 25.2 Å². The Bertz CT molecular complexity index is 472. The Balaban J connectivity index is 1.90. The number of hydrogen-bond acceptors (Lipinski definition) is 5. The summed E-state index contributed by atoms with van der Waals surface area (Å²) in [6, 6.07) is 6.23. The van der Waals surface area contributed by atoms with Gasteiger partial charge in [0.25, 0.3) is 0 Å². The van der Waals surface area contributed by atoms with Crippen LogP contribution in [0.1, 0.15) is 11.6 Å². The van der Waals surface area contributed by atoms with Crippen LogP contribution in [0.25, 0.3) is 0 Å². The topological polar surface area (TPSA) is 51.0 Å². The third kappa shape index (κ3) is 2.49. The van der Waals surface area contributed by atoms with E-state index in [-0.39, 0.29) is 12.1 Å². The lowest BCUT2D eigenvalue weighted by atomic mass is 9.94. The van der Waals surface area contributed by atoms with Gasteiger partial charge in [-0.25, -0.2) is 0 Å². The van der Waals surface area contributed by atoms with Crippen LogP contribution in [0.3, 0.4) is 0 Å². The largest absolute Gasteiger partial charge is 0.497 e. The zero-order chi connectivity index (χ0) is 14.1. The summed E-state index contributed by atoms with van der Waals surface area (Å²) in [7, 11) is 3.86. The highest BCUT2D eigenvalue weighted by Crippen LogP contribution is 2.38. The van der Waals surface area contributed by atoms with Crippen molar-refractivity contribution in [3.05, 3.63) is 23.8 Å². The normalized spacial score (nSPS) is 27.8. The van der Waals surface area contributed by atoms with Crippen LogP contribution in [0.15, 0.2) is 18.2 Å². The van der Waals surface area contributed by atoms with Gasteiger partial charge in [0.2, 0.25) is 0 Å². The highest BCUT2D eigenvalue weighted by Gasteiger charge is 2.34. The van der Waals surface area contributed by atoms with Crippen LogP contribution in [0.2, 0.25) is 0 Å². The number of rotatable bonds is 2. The first kappa shape index (κ1) is 13.7. The van der Waals surface area contributed by atoms with Crippen LogP contribution in [-0.2, 0) is 0 Å². The van der Waals surface area contributed by atoms with Crippen molar-refractivity contribution in [2.75, 3.05) is 46.9 Å². The molecule has 5 heteroatoms. The van der Waals surface area contributed by atoms with E-state index in [1.807, 2.05) is 12.1 Å². The molecular formula is C15H23N3O2. The van der Waals surface area contributed by atoms with Crippen molar-refractivity contribution >= 4 is 0 Å². The van der Waals surface area contributed by atoms with Gasteiger partial charge in [0.1, 0.15) is 18.1 Å². The van der Waals surface area contributed by atoms with E-state index in [0.29, 0.717) is 6.61 Å². The smallest absolute Gasteiger partial charge is 0.124 e. The van der Waals surface area contributed by atoms with E-state index < -0.39 is 0 Å². The minimum absolute atomic E-state index is 0.0120. The summed E-state index contributed by atoms with van der Waals surface area (Å²) < 4.78 is 11.1. The second-order valence-electron chi connectivity index (χ2n) is 5.66. The highest BCUT2D eigenvalue weighted by atomic mass is 16.5. The van der Waals surface area contributed by atoms with Crippen LogP contribution < -0.4 is 15.2 Å². The molecule has 0 aliphatic carbocycles. The molecule has 5 nitrogen and oxygen atoms in total. The van der Waals surface area contributed by atoms with E-state index in [1.54, 1.807) is 7.11 Å². The molecular weight excluding hydrogens is 254 g/mol. The number of ether oxygens (including phenoxy) is 2. The average molecular weight is 277 g/mol. The third-order valence-corrected chi connectivity index (χ3v) is 4.30. The summed E-state index contributed by atoms with van der Waals surface area (Å²) in [6.45, 7) is 4.85. The number of benzene rings is 1. The first-order valence-electron chi connectivity index (χ1n) is 7.18. The lowest BCUT2D eigenvalue weighted by molar-refractivity contribution is 0.0722. The van der Waals surface area contributed by atoms with E-state index in [2.05, 4.69) is 22.9 Å². The number of hydrogen-bond donors (Lipinski definition) is 1. The van der Waals surface area contributed by atoms with E-state index in [4.69, 9.17) is 15.2 Å². The summed E-state index contributed by atoms with van der Waals surface area (Å²) in [5.74, 6) is 1.80. The molecule has 2 heterocycles. The fourth-order valence-electron chi connectivity index (χ4n) is 3.09. The van der Waals surface area contributed by atoms with Crippen molar-refractivity contribution in [1.29, 1.82) is 0 Å². The second-order valence-corrected chi connectivity index (χ2v) is 5.66. The van der Waals surface area contributed by atoms with Crippen LogP contribution in [-0.4, -0.2) is 62.8 Å². The lowest BCUT2D eigenvalue weighted by Crippen LogP contribution is -2.53. The summed E-state index contributed by atoms with van der Waals surface area (Å²) in [5.41, 5.74) is 7.49. The van der Waals surface area contributed by atoms with E-state index >= 15 is 0 Å². The fraction of sp³-hybridized carbons (Fsp3) is 0.600. The van der Waals surface area contributed by atoms with Crippen molar-refractivity contribution in [3.8, 4) is 11.5 Å². The number of nitrogens with two attached hydrogens (primary N) is 1. The average Bonchev–Trinajstić information content (AvgIpc) is 2.48. The minimum Gasteiger partial charge on any atom is -0.497 e. The first-order valence-corrected chi connectivity index (χ1v) is 7.18. The fourth-order valence-corrected chi connectivity index (χ4v) is 3.09. The van der Waals surface area contributed by atoms with Gasteiger partial charge >= 0.3 is 0 Å². The second kappa shape index (κ2) is 5.60. The number of likely N-dealkylation sites (N-methyl/N-ethyl adjacent to an activating group) is 1. The lowest BCUT2D eigenvalue weighted by Gasteiger charge is -2.43. The van der Waals surface area contributed by atoms with Gasteiger partial charge in [-0.15, -0.1) is 0 Å². The molecule has 3 rings (SSSR count). The van der Waals surface area contributed by atoms with Crippen molar-refractivity contribution in [1.82, 2.24) is 9.80 Å². The third-order valence-electron chi connectivity index (χ3n) is 4.30. The summed E-state index contributed by atoms with van der Waals surface area (Å²) in [5, 5.41) is 0. The molecule has 0 amide bonds. The molecule has 1 aromatic carbocycles. The Hall–Kier alpha value is -1.30.